The molecule has 1 aromatic heterocycles. The van der Waals surface area contributed by atoms with Gasteiger partial charge in [0.05, 0.1) is 0 Å². The van der Waals surface area contributed by atoms with Crippen molar-refractivity contribution in [2.45, 2.75) is 25.7 Å². The number of nitrogens with zero attached hydrogens (tertiary/aromatic N) is 2. The first-order chi connectivity index (χ1) is 8.77. The second kappa shape index (κ2) is 6.15. The van der Waals surface area contributed by atoms with Gasteiger partial charge in [0.25, 0.3) is 0 Å². The fourth-order valence-corrected chi connectivity index (χ4v) is 2.01. The van der Waals surface area contributed by atoms with Gasteiger partial charge in [-0.2, -0.15) is 5.10 Å². The molecule has 2 aromatic rings. The molecule has 3 nitrogen and oxygen atoms in total. The van der Waals surface area contributed by atoms with Gasteiger partial charge in [0.1, 0.15) is 0 Å². The molecule has 0 spiro atoms. The highest BCUT2D eigenvalue weighted by Gasteiger charge is 2.05. The average Bonchev–Trinajstić information content (AvgIpc) is 2.81. The highest BCUT2D eigenvalue weighted by Crippen LogP contribution is 2.09. The van der Waals surface area contributed by atoms with Crippen molar-refractivity contribution in [3.63, 3.8) is 0 Å². The number of ketones is 1. The molecule has 0 atom stereocenters. The highest BCUT2D eigenvalue weighted by atomic mass is 16.1. The summed E-state index contributed by atoms with van der Waals surface area (Å²) in [5.41, 5.74) is 2.04. The number of carbonyl (C=O) groups is 1. The summed E-state index contributed by atoms with van der Waals surface area (Å²) in [5.74, 6) is 0.237. The predicted octanol–water partition coefficient (Wildman–Crippen LogP) is 3.02. The molecule has 2 rings (SSSR count). The van der Waals surface area contributed by atoms with E-state index in [0.717, 1.165) is 24.8 Å². The van der Waals surface area contributed by atoms with Gasteiger partial charge in [0.2, 0.25) is 0 Å². The average molecular weight is 242 g/mol. The van der Waals surface area contributed by atoms with Crippen LogP contribution in [0.2, 0.25) is 0 Å². The van der Waals surface area contributed by atoms with Gasteiger partial charge in [0.15, 0.2) is 5.78 Å². The van der Waals surface area contributed by atoms with Gasteiger partial charge in [-0.25, -0.2) is 0 Å². The number of aromatic nitrogens is 2. The van der Waals surface area contributed by atoms with Gasteiger partial charge in [-0.1, -0.05) is 30.3 Å². The molecule has 0 saturated carbocycles. The largest absolute Gasteiger partial charge is 0.294 e. The Balaban J connectivity index is 1.73. The van der Waals surface area contributed by atoms with E-state index in [0.29, 0.717) is 6.42 Å². The quantitative estimate of drug-likeness (QED) is 0.576. The van der Waals surface area contributed by atoms with Crippen LogP contribution >= 0.6 is 0 Å². The maximum absolute atomic E-state index is 11.9. The van der Waals surface area contributed by atoms with Gasteiger partial charge in [-0.3, -0.25) is 9.48 Å². The van der Waals surface area contributed by atoms with E-state index in [9.17, 15) is 4.79 Å². The molecule has 0 aliphatic heterocycles. The van der Waals surface area contributed by atoms with Gasteiger partial charge in [0, 0.05) is 30.9 Å². The third-order valence-electron chi connectivity index (χ3n) is 3.10. The topological polar surface area (TPSA) is 34.9 Å². The number of aryl methyl sites for hydroxylation is 2. The zero-order chi connectivity index (χ0) is 12.8. The molecule has 18 heavy (non-hydrogen) atoms. The van der Waals surface area contributed by atoms with Crippen molar-refractivity contribution < 1.29 is 4.79 Å². The maximum Gasteiger partial charge on any atom is 0.162 e. The van der Waals surface area contributed by atoms with E-state index in [1.54, 1.807) is 0 Å². The van der Waals surface area contributed by atoms with Crippen LogP contribution in [0.25, 0.3) is 0 Å². The number of hydrogen-bond donors (Lipinski definition) is 0. The zero-order valence-electron chi connectivity index (χ0n) is 10.7. The second-order valence-corrected chi connectivity index (χ2v) is 4.44. The second-order valence-electron chi connectivity index (χ2n) is 4.44. The van der Waals surface area contributed by atoms with E-state index in [1.807, 2.05) is 54.3 Å². The minimum absolute atomic E-state index is 0.237. The van der Waals surface area contributed by atoms with Crippen LogP contribution in [0.15, 0.2) is 42.6 Å². The number of benzene rings is 1. The van der Waals surface area contributed by atoms with Crippen LogP contribution in [0.3, 0.4) is 0 Å². The molecule has 94 valence electrons. The number of Topliss-reactive ketones (excluding diaryl/α,β-unsaturated/α-hetero) is 1. The van der Waals surface area contributed by atoms with Crippen LogP contribution in [0, 0.1) is 0 Å². The van der Waals surface area contributed by atoms with Gasteiger partial charge in [-0.05, 0) is 25.3 Å². The minimum atomic E-state index is 0.237. The molecular formula is C15H18N2O. The summed E-state index contributed by atoms with van der Waals surface area (Å²) >= 11 is 0. The van der Waals surface area contributed by atoms with Crippen molar-refractivity contribution in [2.24, 2.45) is 7.05 Å². The van der Waals surface area contributed by atoms with Crippen LogP contribution in [-0.4, -0.2) is 15.6 Å². The minimum Gasteiger partial charge on any atom is -0.294 e. The molecule has 0 radical (unpaired) electrons. The van der Waals surface area contributed by atoms with Gasteiger partial charge in [-0.15, -0.1) is 0 Å². The Morgan fingerprint density at radius 1 is 1.17 bits per heavy atom. The molecule has 0 aliphatic carbocycles. The van der Waals surface area contributed by atoms with Crippen LogP contribution in [0.4, 0.5) is 0 Å². The lowest BCUT2D eigenvalue weighted by atomic mass is 10.0. The summed E-state index contributed by atoms with van der Waals surface area (Å²) in [6.45, 7) is 0. The summed E-state index contributed by atoms with van der Waals surface area (Å²) in [6, 6.07) is 11.5. The summed E-state index contributed by atoms with van der Waals surface area (Å²) in [7, 11) is 1.95. The van der Waals surface area contributed by atoms with E-state index < -0.39 is 0 Å². The van der Waals surface area contributed by atoms with E-state index in [-0.39, 0.29) is 5.78 Å². The Morgan fingerprint density at radius 2 is 1.94 bits per heavy atom. The van der Waals surface area contributed by atoms with E-state index in [4.69, 9.17) is 0 Å². The van der Waals surface area contributed by atoms with Gasteiger partial charge >= 0.3 is 0 Å². The Labute approximate surface area is 107 Å². The molecule has 0 unspecified atom stereocenters. The normalized spacial score (nSPS) is 10.5. The molecule has 0 amide bonds. The smallest absolute Gasteiger partial charge is 0.162 e. The first-order valence-electron chi connectivity index (χ1n) is 6.32. The molecule has 1 heterocycles. The number of rotatable bonds is 6. The van der Waals surface area contributed by atoms with Crippen LogP contribution in [-0.2, 0) is 13.5 Å². The third kappa shape index (κ3) is 3.29. The van der Waals surface area contributed by atoms with Crippen molar-refractivity contribution in [1.29, 1.82) is 0 Å². The SMILES string of the molecule is Cn1nccc1CCCCC(=O)c1ccccc1. The Morgan fingerprint density at radius 3 is 2.61 bits per heavy atom. The summed E-state index contributed by atoms with van der Waals surface area (Å²) in [6.07, 6.45) is 5.38. The number of carbonyl (C=O) groups excluding carboxylic acids is 1. The van der Waals surface area contributed by atoms with Crippen molar-refractivity contribution >= 4 is 5.78 Å². The van der Waals surface area contributed by atoms with Crippen molar-refractivity contribution in [3.8, 4) is 0 Å². The molecule has 0 bridgehead atoms. The molecule has 0 N–H and O–H groups in total. The molecule has 0 fully saturated rings. The molecule has 0 aliphatic rings. The number of unbranched alkanes of at least 4 members (excludes halogenated alkanes) is 1. The highest BCUT2D eigenvalue weighted by molar-refractivity contribution is 5.95. The van der Waals surface area contributed by atoms with Crippen LogP contribution in [0.5, 0.6) is 0 Å². The Hall–Kier alpha value is -1.90. The summed E-state index contributed by atoms with van der Waals surface area (Å²) in [4.78, 5) is 11.9. The lowest BCUT2D eigenvalue weighted by molar-refractivity contribution is 0.0979. The summed E-state index contributed by atoms with van der Waals surface area (Å²) in [5, 5.41) is 4.13. The van der Waals surface area contributed by atoms with Crippen LogP contribution in [0.1, 0.15) is 35.3 Å². The molecule has 0 saturated heterocycles. The lowest BCUT2D eigenvalue weighted by Crippen LogP contribution is -2.01. The maximum atomic E-state index is 11.9. The first kappa shape index (κ1) is 12.6. The third-order valence-corrected chi connectivity index (χ3v) is 3.10. The summed E-state index contributed by atoms with van der Waals surface area (Å²) < 4.78 is 1.89. The van der Waals surface area contributed by atoms with Crippen molar-refractivity contribution in [1.82, 2.24) is 9.78 Å². The van der Waals surface area contributed by atoms with Crippen molar-refractivity contribution in [3.05, 3.63) is 53.9 Å². The van der Waals surface area contributed by atoms with Crippen molar-refractivity contribution in [2.75, 3.05) is 0 Å². The van der Waals surface area contributed by atoms with E-state index in [1.165, 1.54) is 5.69 Å². The number of hydrogen-bond acceptors (Lipinski definition) is 2. The zero-order valence-corrected chi connectivity index (χ0v) is 10.7. The van der Waals surface area contributed by atoms with E-state index >= 15 is 0 Å². The standard InChI is InChI=1S/C15H18N2O/c1-17-14(11-12-16-17)9-5-6-10-15(18)13-7-3-2-4-8-13/h2-4,7-8,11-12H,5-6,9-10H2,1H3. The van der Waals surface area contributed by atoms with Gasteiger partial charge < -0.3 is 0 Å². The van der Waals surface area contributed by atoms with Crippen LogP contribution < -0.4 is 0 Å². The predicted molar refractivity (Wildman–Crippen MR) is 71.5 cm³/mol. The van der Waals surface area contributed by atoms with E-state index in [2.05, 4.69) is 5.10 Å². The molecule has 1 aromatic carbocycles. The Bertz CT molecular complexity index is 502. The first-order valence-corrected chi connectivity index (χ1v) is 6.32. The molecule has 3 heteroatoms. The Kier molecular flexibility index (Phi) is 4.29. The lowest BCUT2D eigenvalue weighted by Gasteiger charge is -2.02. The fraction of sp³-hybridized carbons (Fsp3) is 0.333. The fourth-order valence-electron chi connectivity index (χ4n) is 2.01. The monoisotopic (exact) mass is 242 g/mol. The molecular weight excluding hydrogens is 224 g/mol.